The third-order valence-electron chi connectivity index (χ3n) is 3.74. The van der Waals surface area contributed by atoms with Crippen LogP contribution in [0.4, 0.5) is 10.1 Å². The van der Waals surface area contributed by atoms with Gasteiger partial charge in [0.1, 0.15) is 11.9 Å². The molecule has 0 N–H and O–H groups in total. The number of aryl methyl sites for hydroxylation is 1. The molecule has 0 atom stereocenters. The van der Waals surface area contributed by atoms with Crippen LogP contribution >= 0.6 is 22.9 Å². The summed E-state index contributed by atoms with van der Waals surface area (Å²) in [6.07, 6.45) is 0. The minimum atomic E-state index is -4.02. The second kappa shape index (κ2) is 7.64. The van der Waals surface area contributed by atoms with Gasteiger partial charge in [0.2, 0.25) is 0 Å². The molecule has 0 aliphatic rings. The Morgan fingerprint density at radius 1 is 1.26 bits per heavy atom. The molecule has 1 heterocycles. The van der Waals surface area contributed by atoms with Crippen molar-refractivity contribution in [1.82, 2.24) is 4.98 Å². The van der Waals surface area contributed by atoms with Crippen molar-refractivity contribution < 1.29 is 12.8 Å². The summed E-state index contributed by atoms with van der Waals surface area (Å²) in [6.45, 7) is 1.81. The molecular weight excluding hydrogens is 409 g/mol. The number of halogens is 2. The van der Waals surface area contributed by atoms with Gasteiger partial charge in [-0.1, -0.05) is 11.6 Å². The van der Waals surface area contributed by atoms with Gasteiger partial charge in [-0.25, -0.2) is 17.8 Å². The van der Waals surface area contributed by atoms with Crippen LogP contribution in [-0.2, 0) is 16.6 Å². The Balaban J connectivity index is 2.09. The summed E-state index contributed by atoms with van der Waals surface area (Å²) in [5.41, 5.74) is 1.05. The number of thiazole rings is 1. The van der Waals surface area contributed by atoms with Crippen molar-refractivity contribution in [3.05, 3.63) is 74.9 Å². The molecule has 0 unspecified atom stereocenters. The molecule has 0 amide bonds. The van der Waals surface area contributed by atoms with Crippen molar-refractivity contribution in [2.45, 2.75) is 18.4 Å². The zero-order valence-electron chi connectivity index (χ0n) is 14.1. The number of benzene rings is 2. The number of nitrogens with zero attached hydrogens (tertiary/aromatic N) is 3. The van der Waals surface area contributed by atoms with E-state index in [-0.39, 0.29) is 22.0 Å². The molecule has 1 aromatic heterocycles. The first-order valence-electron chi connectivity index (χ1n) is 7.70. The maximum absolute atomic E-state index is 13.3. The summed E-state index contributed by atoms with van der Waals surface area (Å²) in [4.78, 5) is 4.25. The molecule has 3 aromatic rings. The molecule has 27 heavy (non-hydrogen) atoms. The lowest BCUT2D eigenvalue weighted by atomic mass is 10.2. The lowest BCUT2D eigenvalue weighted by Crippen LogP contribution is -2.30. The number of anilines is 1. The molecule has 138 valence electrons. The van der Waals surface area contributed by atoms with Crippen molar-refractivity contribution in [2.75, 3.05) is 4.31 Å². The predicted octanol–water partition coefficient (Wildman–Crippen LogP) is 4.51. The lowest BCUT2D eigenvalue weighted by Gasteiger charge is -2.24. The monoisotopic (exact) mass is 421 g/mol. The first-order valence-corrected chi connectivity index (χ1v) is 10.4. The lowest BCUT2D eigenvalue weighted by molar-refractivity contribution is 0.589. The van der Waals surface area contributed by atoms with Crippen LogP contribution in [0, 0.1) is 24.1 Å². The van der Waals surface area contributed by atoms with Crippen LogP contribution in [-0.4, -0.2) is 13.4 Å². The van der Waals surface area contributed by atoms with Gasteiger partial charge in [0.25, 0.3) is 10.0 Å². The average Bonchev–Trinajstić information content (AvgIpc) is 3.05. The van der Waals surface area contributed by atoms with Crippen molar-refractivity contribution in [3.63, 3.8) is 0 Å². The standard InChI is InChI=1S/C18H13ClFN3O2S2/c1-12-22-15(11-26-12)10-23(16-5-3-14(20)4-6-16)27(24,25)17-7-2-13(9-21)18(19)8-17/h2-8,11H,10H2,1H3. The van der Waals surface area contributed by atoms with Gasteiger partial charge in [-0.2, -0.15) is 5.26 Å². The van der Waals surface area contributed by atoms with Crippen molar-refractivity contribution in [2.24, 2.45) is 0 Å². The van der Waals surface area contributed by atoms with E-state index >= 15 is 0 Å². The summed E-state index contributed by atoms with van der Waals surface area (Å²) in [6, 6.07) is 11.0. The normalized spacial score (nSPS) is 11.2. The van der Waals surface area contributed by atoms with E-state index in [9.17, 15) is 12.8 Å². The Labute approximate surface area is 165 Å². The molecule has 0 aliphatic carbocycles. The maximum Gasteiger partial charge on any atom is 0.264 e. The summed E-state index contributed by atoms with van der Waals surface area (Å²) >= 11 is 7.41. The molecule has 0 radical (unpaired) electrons. The third-order valence-corrected chi connectivity index (χ3v) is 6.64. The molecule has 9 heteroatoms. The van der Waals surface area contributed by atoms with E-state index in [0.29, 0.717) is 11.4 Å². The molecule has 0 saturated heterocycles. The minimum absolute atomic E-state index is 0.0179. The van der Waals surface area contributed by atoms with Crippen LogP contribution < -0.4 is 4.31 Å². The van der Waals surface area contributed by atoms with Crippen LogP contribution in [0.5, 0.6) is 0 Å². The Morgan fingerprint density at radius 3 is 2.52 bits per heavy atom. The highest BCUT2D eigenvalue weighted by Gasteiger charge is 2.27. The van der Waals surface area contributed by atoms with Gasteiger partial charge >= 0.3 is 0 Å². The van der Waals surface area contributed by atoms with E-state index in [0.717, 1.165) is 9.31 Å². The zero-order chi connectivity index (χ0) is 19.6. The number of aromatic nitrogens is 1. The summed E-state index contributed by atoms with van der Waals surface area (Å²) in [7, 11) is -4.02. The second-order valence-electron chi connectivity index (χ2n) is 5.60. The first kappa shape index (κ1) is 19.3. The van der Waals surface area contributed by atoms with Crippen molar-refractivity contribution in [3.8, 4) is 6.07 Å². The number of sulfonamides is 1. The van der Waals surface area contributed by atoms with E-state index < -0.39 is 15.8 Å². The molecule has 3 rings (SSSR count). The number of hydrogen-bond donors (Lipinski definition) is 0. The molecular formula is C18H13ClFN3O2S2. The highest BCUT2D eigenvalue weighted by Crippen LogP contribution is 2.29. The Bertz CT molecular complexity index is 1120. The highest BCUT2D eigenvalue weighted by atomic mass is 35.5. The number of rotatable bonds is 5. The number of nitriles is 1. The molecule has 0 fully saturated rings. The number of hydrogen-bond acceptors (Lipinski definition) is 5. The first-order chi connectivity index (χ1) is 12.8. The molecule has 5 nitrogen and oxygen atoms in total. The SMILES string of the molecule is Cc1nc(CN(c2ccc(F)cc2)S(=O)(=O)c2ccc(C#N)c(Cl)c2)cs1. The third kappa shape index (κ3) is 4.11. The van der Waals surface area contributed by atoms with E-state index in [1.165, 1.54) is 53.8 Å². The highest BCUT2D eigenvalue weighted by molar-refractivity contribution is 7.92. The van der Waals surface area contributed by atoms with Crippen molar-refractivity contribution >= 4 is 38.6 Å². The van der Waals surface area contributed by atoms with Crippen LogP contribution in [0.3, 0.4) is 0 Å². The van der Waals surface area contributed by atoms with E-state index in [4.69, 9.17) is 16.9 Å². The summed E-state index contributed by atoms with van der Waals surface area (Å²) in [5.74, 6) is -0.470. The van der Waals surface area contributed by atoms with Gasteiger partial charge in [-0.3, -0.25) is 4.31 Å². The van der Waals surface area contributed by atoms with Gasteiger partial charge in [-0.05, 0) is 49.4 Å². The van der Waals surface area contributed by atoms with Gasteiger partial charge < -0.3 is 0 Å². The van der Waals surface area contributed by atoms with E-state index in [1.807, 2.05) is 13.0 Å². The Kier molecular flexibility index (Phi) is 5.46. The Hall–Kier alpha value is -2.47. The van der Waals surface area contributed by atoms with Gasteiger partial charge in [0, 0.05) is 5.38 Å². The topological polar surface area (TPSA) is 74.1 Å². The molecule has 0 bridgehead atoms. The smallest absolute Gasteiger partial charge is 0.260 e. The van der Waals surface area contributed by atoms with Crippen LogP contribution in [0.2, 0.25) is 5.02 Å². The fraction of sp³-hybridized carbons (Fsp3) is 0.111. The zero-order valence-corrected chi connectivity index (χ0v) is 16.4. The molecule has 0 aliphatic heterocycles. The van der Waals surface area contributed by atoms with Crippen LogP contribution in [0.15, 0.2) is 52.7 Å². The van der Waals surface area contributed by atoms with Gasteiger partial charge in [-0.15, -0.1) is 11.3 Å². The van der Waals surface area contributed by atoms with Crippen molar-refractivity contribution in [1.29, 1.82) is 5.26 Å². The fourth-order valence-corrected chi connectivity index (χ4v) is 4.78. The quantitative estimate of drug-likeness (QED) is 0.607. The fourth-order valence-electron chi connectivity index (χ4n) is 2.42. The summed E-state index contributed by atoms with van der Waals surface area (Å²) < 4.78 is 40.9. The van der Waals surface area contributed by atoms with Crippen LogP contribution in [0.25, 0.3) is 0 Å². The Morgan fingerprint density at radius 2 is 1.96 bits per heavy atom. The van der Waals surface area contributed by atoms with E-state index in [2.05, 4.69) is 4.98 Å². The minimum Gasteiger partial charge on any atom is -0.260 e. The van der Waals surface area contributed by atoms with Gasteiger partial charge in [0.05, 0.1) is 38.4 Å². The molecule has 0 saturated carbocycles. The second-order valence-corrected chi connectivity index (χ2v) is 8.93. The van der Waals surface area contributed by atoms with E-state index in [1.54, 1.807) is 5.38 Å². The summed E-state index contributed by atoms with van der Waals surface area (Å²) in [5, 5.41) is 11.6. The maximum atomic E-state index is 13.3. The van der Waals surface area contributed by atoms with Gasteiger partial charge in [0.15, 0.2) is 0 Å². The van der Waals surface area contributed by atoms with Crippen LogP contribution in [0.1, 0.15) is 16.3 Å². The molecule has 2 aromatic carbocycles. The predicted molar refractivity (Wildman–Crippen MR) is 103 cm³/mol. The largest absolute Gasteiger partial charge is 0.264 e. The molecule has 0 spiro atoms. The average molecular weight is 422 g/mol.